The van der Waals surface area contributed by atoms with E-state index in [1.165, 1.54) is 0 Å². The van der Waals surface area contributed by atoms with Crippen LogP contribution in [-0.4, -0.2) is 24.3 Å². The molecule has 1 saturated carbocycles. The smallest absolute Gasteiger partial charge is 0.0546 e. The first-order valence-electron chi connectivity index (χ1n) is 3.75. The zero-order chi connectivity index (χ0) is 6.27. The first-order chi connectivity index (χ1) is 4.36. The maximum absolute atomic E-state index is 9.21. The molecule has 1 heterocycles. The molecule has 2 heteroatoms. The van der Waals surface area contributed by atoms with Gasteiger partial charge in [-0.25, -0.2) is 0 Å². The molecule has 0 amide bonds. The first-order valence-corrected chi connectivity index (χ1v) is 3.75. The second kappa shape index (κ2) is 1.96. The van der Waals surface area contributed by atoms with E-state index >= 15 is 0 Å². The molecule has 0 aromatic rings. The zero-order valence-corrected chi connectivity index (χ0v) is 5.51. The van der Waals surface area contributed by atoms with Gasteiger partial charge in [-0.1, -0.05) is 0 Å². The van der Waals surface area contributed by atoms with Crippen LogP contribution in [0.4, 0.5) is 0 Å². The Hall–Kier alpha value is -0.0800. The van der Waals surface area contributed by atoms with Gasteiger partial charge in [0.1, 0.15) is 0 Å². The van der Waals surface area contributed by atoms with E-state index in [2.05, 4.69) is 5.32 Å². The summed E-state index contributed by atoms with van der Waals surface area (Å²) in [5, 5.41) is 12.5. The van der Waals surface area contributed by atoms with E-state index in [9.17, 15) is 5.11 Å². The topological polar surface area (TPSA) is 32.3 Å². The molecule has 0 aromatic heterocycles. The Morgan fingerprint density at radius 1 is 1.11 bits per heavy atom. The first kappa shape index (κ1) is 5.69. The standard InChI is InChI=1S/C7H13NO/c9-7-1-5-3-8-4-6(5)2-7/h5-9H,1-4H2/t5-,6?,7+/m0/s1. The molecule has 0 aromatic carbocycles. The van der Waals surface area contributed by atoms with Crippen LogP contribution in [0.15, 0.2) is 0 Å². The third-order valence-electron chi connectivity index (χ3n) is 2.63. The molecule has 2 nitrogen and oxygen atoms in total. The number of rotatable bonds is 0. The van der Waals surface area contributed by atoms with Gasteiger partial charge in [0.2, 0.25) is 0 Å². The van der Waals surface area contributed by atoms with E-state index in [4.69, 9.17) is 0 Å². The van der Waals surface area contributed by atoms with Crippen LogP contribution >= 0.6 is 0 Å². The summed E-state index contributed by atoms with van der Waals surface area (Å²) in [6.45, 7) is 2.28. The number of aliphatic hydroxyl groups excluding tert-OH is 1. The Bertz CT molecular complexity index is 103. The molecule has 2 N–H and O–H groups in total. The normalized spacial score (nSPS) is 49.7. The maximum atomic E-state index is 9.21. The summed E-state index contributed by atoms with van der Waals surface area (Å²) in [6, 6.07) is 0. The van der Waals surface area contributed by atoms with Crippen molar-refractivity contribution < 1.29 is 5.11 Å². The van der Waals surface area contributed by atoms with Crippen LogP contribution in [0.1, 0.15) is 12.8 Å². The van der Waals surface area contributed by atoms with Crippen LogP contribution in [0.3, 0.4) is 0 Å². The fourth-order valence-corrected chi connectivity index (χ4v) is 2.13. The van der Waals surface area contributed by atoms with Gasteiger partial charge in [-0.15, -0.1) is 0 Å². The lowest BCUT2D eigenvalue weighted by molar-refractivity contribution is 0.173. The van der Waals surface area contributed by atoms with Crippen LogP contribution in [0.2, 0.25) is 0 Å². The second-order valence-electron chi connectivity index (χ2n) is 3.30. The predicted molar refractivity (Wildman–Crippen MR) is 35.1 cm³/mol. The molecule has 2 aliphatic rings. The minimum atomic E-state index is 0.0158. The second-order valence-corrected chi connectivity index (χ2v) is 3.30. The van der Waals surface area contributed by atoms with Gasteiger partial charge in [0.05, 0.1) is 6.10 Å². The van der Waals surface area contributed by atoms with Gasteiger partial charge in [0, 0.05) is 0 Å². The molecule has 2 rings (SSSR count). The van der Waals surface area contributed by atoms with Crippen molar-refractivity contribution in [2.24, 2.45) is 11.8 Å². The minimum Gasteiger partial charge on any atom is -0.393 e. The van der Waals surface area contributed by atoms with Crippen molar-refractivity contribution in [3.8, 4) is 0 Å². The van der Waals surface area contributed by atoms with Crippen molar-refractivity contribution in [2.45, 2.75) is 18.9 Å². The Labute approximate surface area is 55.3 Å². The van der Waals surface area contributed by atoms with Gasteiger partial charge in [-0.2, -0.15) is 0 Å². The third-order valence-corrected chi connectivity index (χ3v) is 2.63. The highest BCUT2D eigenvalue weighted by atomic mass is 16.3. The van der Waals surface area contributed by atoms with Crippen molar-refractivity contribution in [2.75, 3.05) is 13.1 Å². The summed E-state index contributed by atoms with van der Waals surface area (Å²) in [4.78, 5) is 0. The Balaban J connectivity index is 2.02. The molecule has 2 fully saturated rings. The molecule has 9 heavy (non-hydrogen) atoms. The quantitative estimate of drug-likeness (QED) is 0.479. The lowest BCUT2D eigenvalue weighted by Crippen LogP contribution is -2.13. The molecule has 1 unspecified atom stereocenters. The summed E-state index contributed by atoms with van der Waals surface area (Å²) in [6.07, 6.45) is 2.09. The number of hydrogen-bond acceptors (Lipinski definition) is 2. The van der Waals surface area contributed by atoms with Crippen LogP contribution in [-0.2, 0) is 0 Å². The average Bonchev–Trinajstić information content (AvgIpc) is 2.22. The Morgan fingerprint density at radius 3 is 2.22 bits per heavy atom. The molecule has 0 spiro atoms. The molecule has 1 saturated heterocycles. The monoisotopic (exact) mass is 127 g/mol. The number of fused-ring (bicyclic) bond motifs is 1. The predicted octanol–water partition coefficient (Wildman–Crippen LogP) is -0.0233. The fourth-order valence-electron chi connectivity index (χ4n) is 2.13. The number of nitrogens with one attached hydrogen (secondary N) is 1. The molecule has 1 aliphatic heterocycles. The van der Waals surface area contributed by atoms with Crippen molar-refractivity contribution in [3.05, 3.63) is 0 Å². The van der Waals surface area contributed by atoms with Crippen LogP contribution < -0.4 is 5.32 Å². The lowest BCUT2D eigenvalue weighted by Gasteiger charge is -2.02. The zero-order valence-electron chi connectivity index (χ0n) is 5.51. The maximum Gasteiger partial charge on any atom is 0.0546 e. The third kappa shape index (κ3) is 0.864. The van der Waals surface area contributed by atoms with E-state index in [0.29, 0.717) is 0 Å². The van der Waals surface area contributed by atoms with Crippen LogP contribution in [0, 0.1) is 11.8 Å². The SMILES string of the molecule is O[C@H]1CC2CNC[C@@H]2C1. The lowest BCUT2D eigenvalue weighted by atomic mass is 10.0. The highest BCUT2D eigenvalue weighted by molar-refractivity contribution is 4.90. The van der Waals surface area contributed by atoms with E-state index in [0.717, 1.165) is 37.8 Å². The highest BCUT2D eigenvalue weighted by Gasteiger charge is 2.35. The van der Waals surface area contributed by atoms with E-state index in [1.807, 2.05) is 0 Å². The van der Waals surface area contributed by atoms with Gasteiger partial charge in [-0.3, -0.25) is 0 Å². The summed E-state index contributed by atoms with van der Waals surface area (Å²) in [5.41, 5.74) is 0. The largest absolute Gasteiger partial charge is 0.393 e. The summed E-state index contributed by atoms with van der Waals surface area (Å²) in [7, 11) is 0. The van der Waals surface area contributed by atoms with Crippen molar-refractivity contribution >= 4 is 0 Å². The van der Waals surface area contributed by atoms with Crippen LogP contribution in [0.5, 0.6) is 0 Å². The Kier molecular flexibility index (Phi) is 1.24. The minimum absolute atomic E-state index is 0.0158. The number of hydrogen-bond donors (Lipinski definition) is 2. The van der Waals surface area contributed by atoms with E-state index < -0.39 is 0 Å². The Morgan fingerprint density at radius 2 is 1.67 bits per heavy atom. The molecule has 3 atom stereocenters. The van der Waals surface area contributed by atoms with E-state index in [-0.39, 0.29) is 6.10 Å². The van der Waals surface area contributed by atoms with Crippen LogP contribution in [0.25, 0.3) is 0 Å². The summed E-state index contributed by atoms with van der Waals surface area (Å²) >= 11 is 0. The highest BCUT2D eigenvalue weighted by Crippen LogP contribution is 2.33. The van der Waals surface area contributed by atoms with Crippen molar-refractivity contribution in [1.82, 2.24) is 5.32 Å². The average molecular weight is 127 g/mol. The van der Waals surface area contributed by atoms with Gasteiger partial charge in [0.25, 0.3) is 0 Å². The molecule has 0 bridgehead atoms. The molecule has 52 valence electrons. The summed E-state index contributed by atoms with van der Waals surface area (Å²) in [5.74, 6) is 1.58. The molecule has 1 aliphatic carbocycles. The van der Waals surface area contributed by atoms with Gasteiger partial charge < -0.3 is 10.4 Å². The summed E-state index contributed by atoms with van der Waals surface area (Å²) < 4.78 is 0. The van der Waals surface area contributed by atoms with E-state index in [1.54, 1.807) is 0 Å². The van der Waals surface area contributed by atoms with Gasteiger partial charge in [-0.05, 0) is 37.8 Å². The van der Waals surface area contributed by atoms with Gasteiger partial charge in [0.15, 0.2) is 0 Å². The van der Waals surface area contributed by atoms with Crippen molar-refractivity contribution in [3.63, 3.8) is 0 Å². The molecular weight excluding hydrogens is 114 g/mol. The fraction of sp³-hybridized carbons (Fsp3) is 1.00. The molecule has 0 radical (unpaired) electrons. The number of aliphatic hydroxyl groups is 1. The van der Waals surface area contributed by atoms with Crippen molar-refractivity contribution in [1.29, 1.82) is 0 Å². The van der Waals surface area contributed by atoms with Gasteiger partial charge >= 0.3 is 0 Å². The molecular formula is C7H13NO.